The number of rotatable bonds is 5. The van der Waals surface area contributed by atoms with Gasteiger partial charge in [0.05, 0.1) is 11.6 Å². The van der Waals surface area contributed by atoms with E-state index in [0.717, 1.165) is 6.07 Å². The molecule has 2 aromatic rings. The van der Waals surface area contributed by atoms with E-state index in [9.17, 15) is 14.0 Å². The molecule has 1 amide bonds. The first-order chi connectivity index (χ1) is 11.0. The molecular formula is C17H16FN3O2. The van der Waals surface area contributed by atoms with Crippen LogP contribution in [0.5, 0.6) is 0 Å². The monoisotopic (exact) mass is 313 g/mol. The first-order valence-electron chi connectivity index (χ1n) is 7.17. The van der Waals surface area contributed by atoms with Gasteiger partial charge in [-0.15, -0.1) is 0 Å². The summed E-state index contributed by atoms with van der Waals surface area (Å²) in [6.45, 7) is 2.17. The van der Waals surface area contributed by atoms with Gasteiger partial charge in [-0.05, 0) is 25.1 Å². The SMILES string of the molecule is CCN(Cc1ccc(C#N)cc1F)C(=O)Cn1ccccc1=O. The Bertz CT molecular complexity index is 808. The van der Waals surface area contributed by atoms with Crippen LogP contribution in [0.15, 0.2) is 47.4 Å². The number of carbonyl (C=O) groups excluding carboxylic acids is 1. The van der Waals surface area contributed by atoms with Crippen LogP contribution in [0.1, 0.15) is 18.1 Å². The van der Waals surface area contributed by atoms with Gasteiger partial charge in [0.25, 0.3) is 5.56 Å². The van der Waals surface area contributed by atoms with Gasteiger partial charge in [0.1, 0.15) is 12.4 Å². The van der Waals surface area contributed by atoms with E-state index in [2.05, 4.69) is 0 Å². The molecule has 0 saturated carbocycles. The molecule has 0 atom stereocenters. The van der Waals surface area contributed by atoms with Gasteiger partial charge in [0.15, 0.2) is 0 Å². The maximum Gasteiger partial charge on any atom is 0.250 e. The van der Waals surface area contributed by atoms with E-state index < -0.39 is 5.82 Å². The number of halogens is 1. The first-order valence-corrected chi connectivity index (χ1v) is 7.17. The van der Waals surface area contributed by atoms with E-state index in [1.165, 1.54) is 33.9 Å². The summed E-state index contributed by atoms with van der Waals surface area (Å²) in [5.41, 5.74) is 0.303. The lowest BCUT2D eigenvalue weighted by molar-refractivity contribution is -0.132. The van der Waals surface area contributed by atoms with E-state index in [1.54, 1.807) is 19.1 Å². The molecule has 0 fully saturated rings. The predicted octanol–water partition coefficient (Wildman–Crippen LogP) is 1.91. The highest BCUT2D eigenvalue weighted by atomic mass is 19.1. The molecule has 0 saturated heterocycles. The Hall–Kier alpha value is -2.94. The summed E-state index contributed by atoms with van der Waals surface area (Å²) >= 11 is 0. The lowest BCUT2D eigenvalue weighted by Gasteiger charge is -2.21. The van der Waals surface area contributed by atoms with Gasteiger partial charge in [-0.1, -0.05) is 12.1 Å². The smallest absolute Gasteiger partial charge is 0.250 e. The number of pyridine rings is 1. The second-order valence-electron chi connectivity index (χ2n) is 4.99. The molecule has 0 aliphatic carbocycles. The van der Waals surface area contributed by atoms with Crippen molar-refractivity contribution in [1.82, 2.24) is 9.47 Å². The number of nitriles is 1. The van der Waals surface area contributed by atoms with E-state index in [1.807, 2.05) is 6.07 Å². The van der Waals surface area contributed by atoms with E-state index in [4.69, 9.17) is 5.26 Å². The summed E-state index contributed by atoms with van der Waals surface area (Å²) in [5.74, 6) is -0.795. The number of nitrogens with zero attached hydrogens (tertiary/aromatic N) is 3. The van der Waals surface area contributed by atoms with Crippen LogP contribution >= 0.6 is 0 Å². The van der Waals surface area contributed by atoms with Gasteiger partial charge in [-0.2, -0.15) is 5.26 Å². The van der Waals surface area contributed by atoms with Crippen LogP contribution in [0.4, 0.5) is 4.39 Å². The van der Waals surface area contributed by atoms with Gasteiger partial charge in [-0.25, -0.2) is 4.39 Å². The average molecular weight is 313 g/mol. The molecule has 0 unspecified atom stereocenters. The van der Waals surface area contributed by atoms with Crippen molar-refractivity contribution in [3.63, 3.8) is 0 Å². The Kier molecular flexibility index (Phi) is 5.26. The first kappa shape index (κ1) is 16.4. The molecular weight excluding hydrogens is 297 g/mol. The molecule has 118 valence electrons. The number of carbonyl (C=O) groups is 1. The number of hydrogen-bond acceptors (Lipinski definition) is 3. The lowest BCUT2D eigenvalue weighted by Crippen LogP contribution is -2.35. The highest BCUT2D eigenvalue weighted by molar-refractivity contribution is 5.76. The van der Waals surface area contributed by atoms with Crippen molar-refractivity contribution >= 4 is 5.91 Å². The zero-order valence-electron chi connectivity index (χ0n) is 12.7. The molecule has 0 aliphatic heterocycles. The summed E-state index contributed by atoms with van der Waals surface area (Å²) < 4.78 is 15.2. The fourth-order valence-corrected chi connectivity index (χ4v) is 2.16. The largest absolute Gasteiger partial charge is 0.337 e. The molecule has 0 N–H and O–H groups in total. The third-order valence-corrected chi connectivity index (χ3v) is 3.48. The Morgan fingerprint density at radius 2 is 2.13 bits per heavy atom. The number of amides is 1. The average Bonchev–Trinajstić information content (AvgIpc) is 2.55. The van der Waals surface area contributed by atoms with Crippen LogP contribution in [0.2, 0.25) is 0 Å². The number of benzene rings is 1. The van der Waals surface area contributed by atoms with Gasteiger partial charge in [0.2, 0.25) is 5.91 Å². The van der Waals surface area contributed by atoms with E-state index in [-0.39, 0.29) is 30.1 Å². The van der Waals surface area contributed by atoms with Crippen molar-refractivity contribution < 1.29 is 9.18 Å². The van der Waals surface area contributed by atoms with Crippen molar-refractivity contribution in [3.8, 4) is 6.07 Å². The Morgan fingerprint density at radius 3 is 2.74 bits per heavy atom. The minimum atomic E-state index is -0.521. The molecule has 0 bridgehead atoms. The van der Waals surface area contributed by atoms with Crippen LogP contribution in [-0.4, -0.2) is 21.9 Å². The normalized spacial score (nSPS) is 10.1. The molecule has 2 rings (SSSR count). The summed E-state index contributed by atoms with van der Waals surface area (Å²) in [4.78, 5) is 25.4. The van der Waals surface area contributed by atoms with Gasteiger partial charge >= 0.3 is 0 Å². The van der Waals surface area contributed by atoms with Crippen LogP contribution in [0.3, 0.4) is 0 Å². The lowest BCUT2D eigenvalue weighted by atomic mass is 10.1. The molecule has 5 nitrogen and oxygen atoms in total. The summed E-state index contributed by atoms with van der Waals surface area (Å²) in [6.07, 6.45) is 1.54. The molecule has 1 aromatic heterocycles. The van der Waals surface area contributed by atoms with Crippen molar-refractivity contribution in [3.05, 3.63) is 69.9 Å². The summed E-state index contributed by atoms with van der Waals surface area (Å²) in [6, 6.07) is 10.7. The van der Waals surface area contributed by atoms with Crippen molar-refractivity contribution in [2.45, 2.75) is 20.0 Å². The van der Waals surface area contributed by atoms with E-state index >= 15 is 0 Å². The van der Waals surface area contributed by atoms with Crippen molar-refractivity contribution in [2.75, 3.05) is 6.54 Å². The third kappa shape index (κ3) is 4.04. The second kappa shape index (κ2) is 7.36. The van der Waals surface area contributed by atoms with Crippen molar-refractivity contribution in [2.24, 2.45) is 0 Å². The molecule has 0 aliphatic rings. The van der Waals surface area contributed by atoms with Crippen LogP contribution in [0, 0.1) is 17.1 Å². The highest BCUT2D eigenvalue weighted by Gasteiger charge is 2.15. The molecule has 0 radical (unpaired) electrons. The zero-order chi connectivity index (χ0) is 16.8. The highest BCUT2D eigenvalue weighted by Crippen LogP contribution is 2.13. The zero-order valence-corrected chi connectivity index (χ0v) is 12.7. The van der Waals surface area contributed by atoms with Crippen LogP contribution < -0.4 is 5.56 Å². The molecule has 1 aromatic carbocycles. The predicted molar refractivity (Wildman–Crippen MR) is 82.9 cm³/mol. The summed E-state index contributed by atoms with van der Waals surface area (Å²) in [7, 11) is 0. The fraction of sp³-hybridized carbons (Fsp3) is 0.235. The quantitative estimate of drug-likeness (QED) is 0.847. The Labute approximate surface area is 133 Å². The maximum absolute atomic E-state index is 13.9. The molecule has 6 heteroatoms. The van der Waals surface area contributed by atoms with Crippen LogP contribution in [-0.2, 0) is 17.9 Å². The van der Waals surface area contributed by atoms with Gasteiger partial charge in [0, 0.05) is 30.9 Å². The minimum absolute atomic E-state index is 0.0917. The van der Waals surface area contributed by atoms with Crippen LogP contribution in [0.25, 0.3) is 0 Å². The molecule has 23 heavy (non-hydrogen) atoms. The Morgan fingerprint density at radius 1 is 1.35 bits per heavy atom. The minimum Gasteiger partial charge on any atom is -0.337 e. The molecule has 1 heterocycles. The third-order valence-electron chi connectivity index (χ3n) is 3.48. The second-order valence-corrected chi connectivity index (χ2v) is 4.99. The van der Waals surface area contributed by atoms with Gasteiger partial charge < -0.3 is 9.47 Å². The van der Waals surface area contributed by atoms with Crippen molar-refractivity contribution in [1.29, 1.82) is 5.26 Å². The number of hydrogen-bond donors (Lipinski definition) is 0. The maximum atomic E-state index is 13.9. The Balaban J connectivity index is 2.14. The fourth-order valence-electron chi connectivity index (χ4n) is 2.16. The summed E-state index contributed by atoms with van der Waals surface area (Å²) in [5, 5.41) is 8.75. The van der Waals surface area contributed by atoms with E-state index in [0.29, 0.717) is 12.1 Å². The topological polar surface area (TPSA) is 66.1 Å². The number of aromatic nitrogens is 1. The van der Waals surface area contributed by atoms with Gasteiger partial charge in [-0.3, -0.25) is 9.59 Å². The number of likely N-dealkylation sites (N-methyl/N-ethyl adjacent to an activating group) is 1. The molecule has 0 spiro atoms. The standard InChI is InChI=1S/C17H16FN3O2/c1-2-20(11-14-7-6-13(10-19)9-15(14)18)17(23)12-21-8-4-3-5-16(21)22/h3-9H,2,11-12H2,1H3.